The zero-order chi connectivity index (χ0) is 16.0. The fraction of sp³-hybridized carbons (Fsp3) is 0.500. The van der Waals surface area contributed by atoms with Crippen LogP contribution in [0.4, 0.5) is 5.69 Å². The number of nitrogens with one attached hydrogen (secondary N) is 1. The van der Waals surface area contributed by atoms with E-state index in [4.69, 9.17) is 4.74 Å². The smallest absolute Gasteiger partial charge is 0.322 e. The topological polar surface area (TPSA) is 81.5 Å². The van der Waals surface area contributed by atoms with Crippen molar-refractivity contribution in [3.05, 3.63) is 38.3 Å². The standard InChI is InChI=1S/C14H19BrN2O4/c1-9(2)6-12(14(18)21-3)16-8-10-4-5-11(15)13(7-10)17(19)20/h4-5,7,9,12,16H,6,8H2,1-3H3. The van der Waals surface area contributed by atoms with E-state index in [9.17, 15) is 14.9 Å². The van der Waals surface area contributed by atoms with Crippen molar-refractivity contribution in [3.8, 4) is 0 Å². The number of esters is 1. The molecule has 0 aliphatic carbocycles. The molecule has 0 saturated heterocycles. The third kappa shape index (κ3) is 5.43. The predicted molar refractivity (Wildman–Crippen MR) is 82.9 cm³/mol. The fourth-order valence-electron chi connectivity index (χ4n) is 1.93. The average Bonchev–Trinajstić information content (AvgIpc) is 2.43. The lowest BCUT2D eigenvalue weighted by Crippen LogP contribution is -2.38. The quantitative estimate of drug-likeness (QED) is 0.460. The minimum absolute atomic E-state index is 0.00720. The molecule has 1 rings (SSSR count). The van der Waals surface area contributed by atoms with Crippen molar-refractivity contribution in [2.45, 2.75) is 32.9 Å². The van der Waals surface area contributed by atoms with Crippen molar-refractivity contribution in [1.29, 1.82) is 0 Å². The molecule has 0 heterocycles. The number of nitro benzene ring substituents is 1. The van der Waals surface area contributed by atoms with E-state index in [2.05, 4.69) is 21.2 Å². The molecule has 21 heavy (non-hydrogen) atoms. The number of hydrogen-bond donors (Lipinski definition) is 1. The minimum atomic E-state index is -0.445. The average molecular weight is 359 g/mol. The third-order valence-corrected chi connectivity index (χ3v) is 3.62. The van der Waals surface area contributed by atoms with Gasteiger partial charge in [0.15, 0.2) is 0 Å². The summed E-state index contributed by atoms with van der Waals surface area (Å²) in [5, 5.41) is 14.0. The van der Waals surface area contributed by atoms with Crippen LogP contribution in [0.15, 0.2) is 22.7 Å². The van der Waals surface area contributed by atoms with Crippen LogP contribution in [-0.2, 0) is 16.1 Å². The van der Waals surface area contributed by atoms with Crippen molar-refractivity contribution >= 4 is 27.6 Å². The first-order valence-electron chi connectivity index (χ1n) is 6.59. The van der Waals surface area contributed by atoms with Gasteiger partial charge in [0.1, 0.15) is 6.04 Å². The second-order valence-electron chi connectivity index (χ2n) is 5.13. The maximum absolute atomic E-state index is 11.7. The molecule has 0 aromatic heterocycles. The molecule has 0 spiro atoms. The maximum atomic E-state index is 11.7. The van der Waals surface area contributed by atoms with E-state index in [0.29, 0.717) is 23.4 Å². The number of benzene rings is 1. The van der Waals surface area contributed by atoms with E-state index >= 15 is 0 Å². The highest BCUT2D eigenvalue weighted by Crippen LogP contribution is 2.25. The van der Waals surface area contributed by atoms with Crippen molar-refractivity contribution < 1.29 is 14.5 Å². The largest absolute Gasteiger partial charge is 0.468 e. The Bertz CT molecular complexity index is 520. The number of ether oxygens (including phenoxy) is 1. The second kappa shape index (κ2) is 8.09. The number of rotatable bonds is 7. The maximum Gasteiger partial charge on any atom is 0.322 e. The van der Waals surface area contributed by atoms with Crippen LogP contribution in [0.1, 0.15) is 25.8 Å². The van der Waals surface area contributed by atoms with Crippen LogP contribution in [0.25, 0.3) is 0 Å². The molecule has 1 N–H and O–H groups in total. The molecule has 0 saturated carbocycles. The van der Waals surface area contributed by atoms with Crippen molar-refractivity contribution in [3.63, 3.8) is 0 Å². The monoisotopic (exact) mass is 358 g/mol. The van der Waals surface area contributed by atoms with E-state index in [0.717, 1.165) is 5.56 Å². The summed E-state index contributed by atoms with van der Waals surface area (Å²) in [5.74, 6) is 0.0103. The Morgan fingerprint density at radius 1 is 1.48 bits per heavy atom. The van der Waals surface area contributed by atoms with Gasteiger partial charge in [-0.15, -0.1) is 0 Å². The zero-order valence-corrected chi connectivity index (χ0v) is 13.8. The van der Waals surface area contributed by atoms with Gasteiger partial charge in [-0.2, -0.15) is 0 Å². The van der Waals surface area contributed by atoms with Crippen LogP contribution in [0, 0.1) is 16.0 Å². The fourth-order valence-corrected chi connectivity index (χ4v) is 2.32. The zero-order valence-electron chi connectivity index (χ0n) is 12.3. The molecule has 0 radical (unpaired) electrons. The van der Waals surface area contributed by atoms with Crippen molar-refractivity contribution in [2.75, 3.05) is 7.11 Å². The Labute approximate surface area is 132 Å². The Kier molecular flexibility index (Phi) is 6.77. The number of halogens is 1. The Hall–Kier alpha value is -1.47. The van der Waals surface area contributed by atoms with Crippen LogP contribution < -0.4 is 5.32 Å². The molecule has 1 aromatic carbocycles. The van der Waals surface area contributed by atoms with Gasteiger partial charge in [0.25, 0.3) is 5.69 Å². The number of carbonyl (C=O) groups is 1. The minimum Gasteiger partial charge on any atom is -0.468 e. The van der Waals surface area contributed by atoms with Crippen LogP contribution in [0.5, 0.6) is 0 Å². The van der Waals surface area contributed by atoms with Crippen LogP contribution >= 0.6 is 15.9 Å². The highest BCUT2D eigenvalue weighted by Gasteiger charge is 2.20. The van der Waals surface area contributed by atoms with Crippen LogP contribution in [0.2, 0.25) is 0 Å². The summed E-state index contributed by atoms with van der Waals surface area (Å²) in [4.78, 5) is 22.1. The number of methoxy groups -OCH3 is 1. The summed E-state index contributed by atoms with van der Waals surface area (Å²) in [6.07, 6.45) is 0.644. The Morgan fingerprint density at radius 2 is 2.14 bits per heavy atom. The molecule has 6 nitrogen and oxygen atoms in total. The molecular weight excluding hydrogens is 340 g/mol. The molecule has 0 fully saturated rings. The number of nitro groups is 1. The SMILES string of the molecule is COC(=O)C(CC(C)C)NCc1ccc(Br)c([N+](=O)[O-])c1. The molecule has 0 aliphatic heterocycles. The number of carbonyl (C=O) groups excluding carboxylic acids is 1. The van der Waals surface area contributed by atoms with Gasteiger partial charge in [0.2, 0.25) is 0 Å². The Morgan fingerprint density at radius 3 is 2.67 bits per heavy atom. The van der Waals surface area contributed by atoms with Gasteiger partial charge in [-0.25, -0.2) is 0 Å². The summed E-state index contributed by atoms with van der Waals surface area (Å²) in [7, 11) is 1.35. The molecule has 7 heteroatoms. The third-order valence-electron chi connectivity index (χ3n) is 2.95. The van der Waals surface area contributed by atoms with Crippen molar-refractivity contribution in [1.82, 2.24) is 5.32 Å². The summed E-state index contributed by atoms with van der Waals surface area (Å²) >= 11 is 3.14. The van der Waals surface area contributed by atoms with Gasteiger partial charge in [-0.05, 0) is 39.9 Å². The lowest BCUT2D eigenvalue weighted by molar-refractivity contribution is -0.385. The van der Waals surface area contributed by atoms with Crippen LogP contribution in [0.3, 0.4) is 0 Å². The first kappa shape index (κ1) is 17.6. The molecule has 116 valence electrons. The molecular formula is C14H19BrN2O4. The van der Waals surface area contributed by atoms with E-state index in [1.807, 2.05) is 13.8 Å². The molecule has 0 amide bonds. The molecule has 0 aliphatic rings. The van der Waals surface area contributed by atoms with Crippen LogP contribution in [-0.4, -0.2) is 24.0 Å². The summed E-state index contributed by atoms with van der Waals surface area (Å²) in [6, 6.07) is 4.47. The van der Waals surface area contributed by atoms with Crippen molar-refractivity contribution in [2.24, 2.45) is 5.92 Å². The molecule has 1 atom stereocenters. The van der Waals surface area contributed by atoms with E-state index in [1.165, 1.54) is 13.2 Å². The first-order chi connectivity index (χ1) is 9.85. The summed E-state index contributed by atoms with van der Waals surface area (Å²) < 4.78 is 5.20. The number of hydrogen-bond acceptors (Lipinski definition) is 5. The van der Waals surface area contributed by atoms with E-state index in [-0.39, 0.29) is 11.7 Å². The summed E-state index contributed by atoms with van der Waals surface area (Å²) in [6.45, 7) is 4.39. The van der Waals surface area contributed by atoms with Gasteiger partial charge in [0.05, 0.1) is 16.5 Å². The molecule has 1 unspecified atom stereocenters. The highest BCUT2D eigenvalue weighted by atomic mass is 79.9. The Balaban J connectivity index is 2.78. The second-order valence-corrected chi connectivity index (χ2v) is 5.98. The summed E-state index contributed by atoms with van der Waals surface area (Å²) in [5.41, 5.74) is 0.746. The van der Waals surface area contributed by atoms with Gasteiger partial charge >= 0.3 is 5.97 Å². The highest BCUT2D eigenvalue weighted by molar-refractivity contribution is 9.10. The molecule has 1 aromatic rings. The normalized spacial score (nSPS) is 12.2. The predicted octanol–water partition coefficient (Wildman–Crippen LogP) is 3.03. The van der Waals surface area contributed by atoms with E-state index < -0.39 is 11.0 Å². The van der Waals surface area contributed by atoms with Gasteiger partial charge in [-0.3, -0.25) is 14.9 Å². The first-order valence-corrected chi connectivity index (χ1v) is 7.38. The van der Waals surface area contributed by atoms with Gasteiger partial charge < -0.3 is 10.1 Å². The molecule has 0 bridgehead atoms. The number of nitrogens with zero attached hydrogens (tertiary/aromatic N) is 1. The van der Waals surface area contributed by atoms with E-state index in [1.54, 1.807) is 12.1 Å². The van der Waals surface area contributed by atoms with Gasteiger partial charge in [-0.1, -0.05) is 19.9 Å². The lowest BCUT2D eigenvalue weighted by Gasteiger charge is -2.18. The van der Waals surface area contributed by atoms with Gasteiger partial charge in [0, 0.05) is 12.6 Å². The lowest BCUT2D eigenvalue weighted by atomic mass is 10.0.